The highest BCUT2D eigenvalue weighted by molar-refractivity contribution is 9.11. The number of fused-ring (bicyclic) bond motifs is 2. The summed E-state index contributed by atoms with van der Waals surface area (Å²) in [6.45, 7) is 2.18. The van der Waals surface area contributed by atoms with Crippen molar-refractivity contribution in [3.8, 4) is 5.75 Å². The molecule has 23 heavy (non-hydrogen) atoms. The maximum Gasteiger partial charge on any atom is 0.116 e. The van der Waals surface area contributed by atoms with Crippen molar-refractivity contribution in [1.29, 1.82) is 0 Å². The third-order valence-electron chi connectivity index (χ3n) is 5.20. The summed E-state index contributed by atoms with van der Waals surface area (Å²) < 4.78 is 1.08. The lowest BCUT2D eigenvalue weighted by Gasteiger charge is -2.38. The molecule has 1 saturated heterocycles. The zero-order valence-corrected chi connectivity index (χ0v) is 14.5. The van der Waals surface area contributed by atoms with Crippen molar-refractivity contribution in [2.75, 3.05) is 13.1 Å². The van der Waals surface area contributed by atoms with E-state index in [1.807, 2.05) is 12.1 Å². The number of hydrogen-bond acceptors (Lipinski definition) is 3. The van der Waals surface area contributed by atoms with Crippen LogP contribution in [0.5, 0.6) is 5.75 Å². The lowest BCUT2D eigenvalue weighted by atomic mass is 9.73. The Hall–Kier alpha value is -1.52. The largest absolute Gasteiger partial charge is 0.508 e. The van der Waals surface area contributed by atoms with E-state index in [1.54, 1.807) is 0 Å². The van der Waals surface area contributed by atoms with E-state index < -0.39 is 0 Å². The Balaban J connectivity index is 1.81. The molecule has 0 saturated carbocycles. The number of aromatic hydroxyl groups is 1. The van der Waals surface area contributed by atoms with Crippen LogP contribution in [0.1, 0.15) is 29.9 Å². The van der Waals surface area contributed by atoms with Gasteiger partial charge >= 0.3 is 0 Å². The molecule has 1 aromatic rings. The lowest BCUT2D eigenvalue weighted by molar-refractivity contribution is 0.289. The Bertz CT molecular complexity index is 701. The molecule has 3 aliphatic rings. The van der Waals surface area contributed by atoms with E-state index in [0.29, 0.717) is 23.6 Å². The molecule has 4 rings (SSSR count). The molecule has 0 aromatic heterocycles. The third kappa shape index (κ3) is 2.86. The van der Waals surface area contributed by atoms with E-state index in [1.165, 1.54) is 24.0 Å². The van der Waals surface area contributed by atoms with Crippen LogP contribution in [-0.2, 0) is 0 Å². The number of piperidine rings is 1. The molecule has 1 aromatic carbocycles. The first kappa shape index (κ1) is 15.0. The molecule has 4 heteroatoms. The van der Waals surface area contributed by atoms with E-state index in [4.69, 9.17) is 0 Å². The Morgan fingerprint density at radius 2 is 1.96 bits per heavy atom. The molecule has 120 valence electrons. The van der Waals surface area contributed by atoms with Gasteiger partial charge in [0.2, 0.25) is 0 Å². The van der Waals surface area contributed by atoms with Gasteiger partial charge in [-0.15, -0.1) is 0 Å². The molecule has 0 radical (unpaired) electrons. The number of benzene rings is 1. The van der Waals surface area contributed by atoms with Crippen LogP contribution >= 0.6 is 15.9 Å². The molecule has 2 heterocycles. The van der Waals surface area contributed by atoms with Gasteiger partial charge in [0, 0.05) is 16.6 Å². The second-order valence-corrected chi connectivity index (χ2v) is 7.49. The summed E-state index contributed by atoms with van der Waals surface area (Å²) in [7, 11) is 0. The Morgan fingerprint density at radius 1 is 1.13 bits per heavy atom. The first-order valence-electron chi connectivity index (χ1n) is 8.27. The van der Waals surface area contributed by atoms with Crippen molar-refractivity contribution in [3.05, 3.63) is 57.7 Å². The molecule has 3 nitrogen and oxygen atoms in total. The quantitative estimate of drug-likeness (QED) is 0.704. The SMILES string of the molecule is Oc1ccc2c(c1)C=CC1=CC(Br)=CNC1C2C1CCNCC1. The van der Waals surface area contributed by atoms with Crippen molar-refractivity contribution < 1.29 is 5.11 Å². The van der Waals surface area contributed by atoms with Crippen LogP contribution in [0.15, 0.2) is 46.6 Å². The van der Waals surface area contributed by atoms with Crippen LogP contribution in [0.4, 0.5) is 0 Å². The second kappa shape index (κ2) is 6.17. The van der Waals surface area contributed by atoms with E-state index >= 15 is 0 Å². The fourth-order valence-electron chi connectivity index (χ4n) is 4.12. The number of phenolic OH excluding ortho intramolecular Hbond substituents is 1. The standard InChI is InChI=1S/C19H21BrN2O/c20-15-9-14-2-1-13-10-16(23)3-4-17(13)18(19(14)22-11-15)12-5-7-21-8-6-12/h1-4,9-12,18-19,21-23H,5-8H2. The molecule has 3 N–H and O–H groups in total. The first-order chi connectivity index (χ1) is 11.2. The van der Waals surface area contributed by atoms with Gasteiger partial charge in [-0.1, -0.05) is 18.2 Å². The average Bonchev–Trinajstić information content (AvgIpc) is 2.72. The summed E-state index contributed by atoms with van der Waals surface area (Å²) >= 11 is 3.58. The molecule has 1 fully saturated rings. The summed E-state index contributed by atoms with van der Waals surface area (Å²) in [5.41, 5.74) is 3.79. The summed E-state index contributed by atoms with van der Waals surface area (Å²) in [6.07, 6.45) is 11.0. The number of phenols is 1. The molecule has 1 aliphatic carbocycles. The van der Waals surface area contributed by atoms with Gasteiger partial charge in [0.15, 0.2) is 0 Å². The molecular formula is C19H21BrN2O. The molecule has 0 bridgehead atoms. The van der Waals surface area contributed by atoms with Crippen molar-refractivity contribution in [3.63, 3.8) is 0 Å². The van der Waals surface area contributed by atoms with Gasteiger partial charge in [-0.05, 0) is 82.7 Å². The van der Waals surface area contributed by atoms with Gasteiger partial charge in [-0.2, -0.15) is 0 Å². The molecule has 2 atom stereocenters. The predicted molar refractivity (Wildman–Crippen MR) is 97.5 cm³/mol. The Labute approximate surface area is 145 Å². The zero-order chi connectivity index (χ0) is 15.8. The van der Waals surface area contributed by atoms with E-state index in [-0.39, 0.29) is 0 Å². The fourth-order valence-corrected chi connectivity index (χ4v) is 4.52. The molecular weight excluding hydrogens is 352 g/mol. The summed E-state index contributed by atoms with van der Waals surface area (Å²) in [6, 6.07) is 6.12. The maximum absolute atomic E-state index is 9.89. The van der Waals surface area contributed by atoms with Crippen LogP contribution in [-0.4, -0.2) is 24.2 Å². The first-order valence-corrected chi connectivity index (χ1v) is 9.07. The molecule has 0 spiro atoms. The van der Waals surface area contributed by atoms with E-state index in [2.05, 4.69) is 57.1 Å². The highest BCUT2D eigenvalue weighted by atomic mass is 79.9. The van der Waals surface area contributed by atoms with Crippen molar-refractivity contribution >= 4 is 22.0 Å². The van der Waals surface area contributed by atoms with Gasteiger partial charge in [0.1, 0.15) is 5.75 Å². The van der Waals surface area contributed by atoms with Crippen molar-refractivity contribution in [2.24, 2.45) is 5.92 Å². The van der Waals surface area contributed by atoms with E-state index in [0.717, 1.165) is 23.1 Å². The molecule has 0 amide bonds. The summed E-state index contributed by atoms with van der Waals surface area (Å²) in [5, 5.41) is 17.0. The lowest BCUT2D eigenvalue weighted by Crippen LogP contribution is -2.41. The van der Waals surface area contributed by atoms with Gasteiger partial charge in [0.05, 0.1) is 6.04 Å². The monoisotopic (exact) mass is 372 g/mol. The summed E-state index contributed by atoms with van der Waals surface area (Å²) in [5.74, 6) is 1.40. The normalized spacial score (nSPS) is 27.2. The van der Waals surface area contributed by atoms with Gasteiger partial charge in [-0.3, -0.25) is 0 Å². The third-order valence-corrected chi connectivity index (χ3v) is 5.66. The highest BCUT2D eigenvalue weighted by Crippen LogP contribution is 2.42. The Kier molecular flexibility index (Phi) is 4.04. The minimum absolute atomic E-state index is 0.293. The Morgan fingerprint density at radius 3 is 2.78 bits per heavy atom. The molecule has 2 unspecified atom stereocenters. The minimum Gasteiger partial charge on any atom is -0.508 e. The van der Waals surface area contributed by atoms with Crippen LogP contribution < -0.4 is 10.6 Å². The van der Waals surface area contributed by atoms with Crippen LogP contribution in [0.3, 0.4) is 0 Å². The van der Waals surface area contributed by atoms with Gasteiger partial charge in [0.25, 0.3) is 0 Å². The maximum atomic E-state index is 9.89. The zero-order valence-electron chi connectivity index (χ0n) is 12.9. The number of dihydropyridines is 1. The number of rotatable bonds is 1. The topological polar surface area (TPSA) is 44.3 Å². The number of nitrogens with one attached hydrogen (secondary N) is 2. The fraction of sp³-hybridized carbons (Fsp3) is 0.368. The van der Waals surface area contributed by atoms with Crippen LogP contribution in [0.2, 0.25) is 0 Å². The highest BCUT2D eigenvalue weighted by Gasteiger charge is 2.36. The minimum atomic E-state index is 0.293. The molecule has 2 aliphatic heterocycles. The summed E-state index contributed by atoms with van der Waals surface area (Å²) in [4.78, 5) is 0. The smallest absolute Gasteiger partial charge is 0.116 e. The number of halogens is 1. The van der Waals surface area contributed by atoms with Gasteiger partial charge in [-0.25, -0.2) is 0 Å². The van der Waals surface area contributed by atoms with Crippen LogP contribution in [0, 0.1) is 5.92 Å². The predicted octanol–water partition coefficient (Wildman–Crippen LogP) is 3.64. The van der Waals surface area contributed by atoms with Gasteiger partial charge < -0.3 is 15.7 Å². The van der Waals surface area contributed by atoms with Crippen LogP contribution in [0.25, 0.3) is 6.08 Å². The number of hydrogen-bond donors (Lipinski definition) is 3. The second-order valence-electron chi connectivity index (χ2n) is 6.58. The average molecular weight is 373 g/mol. The van der Waals surface area contributed by atoms with Crippen molar-refractivity contribution in [1.82, 2.24) is 10.6 Å². The van der Waals surface area contributed by atoms with E-state index in [9.17, 15) is 5.11 Å². The number of allylic oxidation sites excluding steroid dienone is 2. The van der Waals surface area contributed by atoms with Crippen molar-refractivity contribution in [2.45, 2.75) is 24.8 Å².